The van der Waals surface area contributed by atoms with Gasteiger partial charge < -0.3 is 11.5 Å². The highest BCUT2D eigenvalue weighted by Crippen LogP contribution is 2.34. The Kier molecular flexibility index (Phi) is 6.50. The molecule has 0 spiro atoms. The molecule has 10 heteroatoms. The average molecular weight is 309 g/mol. The average Bonchev–Trinajstić information content (AvgIpc) is 2.24. The maximum atomic E-state index is 11.7. The van der Waals surface area contributed by atoms with E-state index in [4.69, 9.17) is 32.0 Å². The van der Waals surface area contributed by atoms with Gasteiger partial charge in [0.1, 0.15) is 0 Å². The number of ketones is 2. The molecule has 0 rings (SSSR count). The molecule has 9 nitrogen and oxygen atoms in total. The second-order valence-corrected chi connectivity index (χ2v) is 5.74. The van der Waals surface area contributed by atoms with Crippen molar-refractivity contribution < 1.29 is 23.2 Å². The van der Waals surface area contributed by atoms with Crippen LogP contribution in [-0.4, -0.2) is 35.1 Å². The predicted octanol–water partition coefficient (Wildman–Crippen LogP) is -1.14. The zero-order chi connectivity index (χ0) is 16.3. The van der Waals surface area contributed by atoms with E-state index >= 15 is 0 Å². The van der Waals surface area contributed by atoms with Gasteiger partial charge >= 0.3 is 8.25 Å². The molecule has 0 aromatic rings. The van der Waals surface area contributed by atoms with Crippen molar-refractivity contribution in [1.29, 1.82) is 0 Å². The third-order valence-electron chi connectivity index (χ3n) is 2.33. The summed E-state index contributed by atoms with van der Waals surface area (Å²) in [4.78, 5) is 23.3. The van der Waals surface area contributed by atoms with E-state index in [1.54, 1.807) is 0 Å². The second kappa shape index (κ2) is 6.77. The first-order valence-electron chi connectivity index (χ1n) is 5.84. The van der Waals surface area contributed by atoms with Gasteiger partial charge in [-0.15, -0.1) is 0 Å². The van der Waals surface area contributed by atoms with Gasteiger partial charge in [0.2, 0.25) is 11.4 Å². The molecule has 0 aromatic heterocycles. The Morgan fingerprint density at radius 1 is 0.950 bits per heavy atom. The van der Waals surface area contributed by atoms with Crippen LogP contribution in [0.2, 0.25) is 0 Å². The molecule has 0 aliphatic heterocycles. The molecule has 20 heavy (non-hydrogen) atoms. The van der Waals surface area contributed by atoms with Crippen LogP contribution in [-0.2, 0) is 23.2 Å². The molecule has 0 saturated heterocycles. The summed E-state index contributed by atoms with van der Waals surface area (Å²) in [7, 11) is -2.92. The van der Waals surface area contributed by atoms with Crippen molar-refractivity contribution in [3.8, 4) is 0 Å². The van der Waals surface area contributed by atoms with Gasteiger partial charge in [-0.3, -0.25) is 21.1 Å². The quantitative estimate of drug-likeness (QED) is 0.319. The van der Waals surface area contributed by atoms with Gasteiger partial charge in [0.25, 0.3) is 0 Å². The minimum atomic E-state index is -2.92. The molecule has 0 radical (unpaired) electrons. The minimum Gasteiger partial charge on any atom is -0.322 e. The maximum Gasteiger partial charge on any atom is 0.702 e. The third kappa shape index (κ3) is 5.29. The summed E-state index contributed by atoms with van der Waals surface area (Å²) in [6.07, 6.45) is 0. The third-order valence-corrected chi connectivity index (χ3v) is 3.39. The summed E-state index contributed by atoms with van der Waals surface area (Å²) in [5.41, 5.74) is 18.0. The van der Waals surface area contributed by atoms with Crippen molar-refractivity contribution in [2.45, 2.75) is 51.2 Å². The van der Waals surface area contributed by atoms with Gasteiger partial charge in [-0.05, 0) is 27.7 Å². The summed E-state index contributed by atoms with van der Waals surface area (Å²) in [5.74, 6) is -1.36. The van der Waals surface area contributed by atoms with Crippen LogP contribution in [0, 0.1) is 0 Å². The van der Waals surface area contributed by atoms with E-state index in [-0.39, 0.29) is 0 Å². The Bertz CT molecular complexity index is 372. The fourth-order valence-electron chi connectivity index (χ4n) is 1.32. The lowest BCUT2D eigenvalue weighted by Crippen LogP contribution is -2.54. The van der Waals surface area contributed by atoms with Crippen molar-refractivity contribution >= 4 is 19.8 Å². The number of nitrogens with two attached hydrogens (primary N) is 4. The molecule has 4 atom stereocenters. The van der Waals surface area contributed by atoms with Gasteiger partial charge in [0, 0.05) is 4.57 Å². The Morgan fingerprint density at radius 3 is 1.40 bits per heavy atom. The number of hydrogen-bond donors (Lipinski definition) is 4. The van der Waals surface area contributed by atoms with Gasteiger partial charge in [-0.2, -0.15) is 0 Å². The van der Waals surface area contributed by atoms with Crippen LogP contribution in [0.25, 0.3) is 0 Å². The Hall–Kier alpha value is -0.800. The molecule has 0 bridgehead atoms. The first-order valence-corrected chi connectivity index (χ1v) is 6.94. The highest BCUT2D eigenvalue weighted by atomic mass is 31.1. The first kappa shape index (κ1) is 19.2. The van der Waals surface area contributed by atoms with E-state index in [2.05, 4.69) is 0 Å². The SMILES string of the molecule is C[C@H](N)C(=O)C(C)(N)O[P+](=O)OC(C)(N)C(=O)[C@H](C)N. The number of Topliss-reactive ketones (excluding diaryl/α,β-unsaturated/α-hetero) is 2. The number of hydrogen-bond acceptors (Lipinski definition) is 9. The molecule has 0 fully saturated rings. The summed E-state index contributed by atoms with van der Waals surface area (Å²) in [6.45, 7) is 5.15. The fraction of sp³-hybridized carbons (Fsp3) is 0.800. The van der Waals surface area contributed by atoms with E-state index in [0.717, 1.165) is 0 Å². The second-order valence-electron chi connectivity index (χ2n) is 4.93. The Labute approximate surface area is 118 Å². The highest BCUT2D eigenvalue weighted by molar-refractivity contribution is 7.33. The minimum absolute atomic E-state index is 0.679. The molecule has 0 heterocycles. The van der Waals surface area contributed by atoms with Crippen molar-refractivity contribution in [2.75, 3.05) is 0 Å². The van der Waals surface area contributed by atoms with Crippen LogP contribution in [0.1, 0.15) is 27.7 Å². The molecular formula is C10H22N4O5P+. The van der Waals surface area contributed by atoms with Crippen molar-refractivity contribution in [1.82, 2.24) is 0 Å². The summed E-state index contributed by atoms with van der Waals surface area (Å²) >= 11 is 0. The molecule has 0 aromatic carbocycles. The van der Waals surface area contributed by atoms with Gasteiger partial charge in [-0.1, -0.05) is 9.05 Å². The van der Waals surface area contributed by atoms with Crippen molar-refractivity contribution in [2.24, 2.45) is 22.9 Å². The Morgan fingerprint density at radius 2 is 1.20 bits per heavy atom. The monoisotopic (exact) mass is 309 g/mol. The van der Waals surface area contributed by atoms with Crippen LogP contribution >= 0.6 is 8.25 Å². The standard InChI is InChI=1S/C10H22N4O5P/c1-5(11)7(15)9(3,13)18-20(17)19-10(4,14)8(16)6(2)12/h5-6H,11-14H2,1-4H3/q+1/t5-,6-,9?,10?/m0/s1. The van der Waals surface area contributed by atoms with E-state index in [1.807, 2.05) is 0 Å². The number of carbonyl (C=O) groups excluding carboxylic acids is 2. The highest BCUT2D eigenvalue weighted by Gasteiger charge is 2.48. The van der Waals surface area contributed by atoms with Crippen LogP contribution in [0.5, 0.6) is 0 Å². The van der Waals surface area contributed by atoms with Crippen LogP contribution in [0.3, 0.4) is 0 Å². The molecule has 0 aliphatic rings. The zero-order valence-corrected chi connectivity index (χ0v) is 12.8. The van der Waals surface area contributed by atoms with Gasteiger partial charge in [-0.25, -0.2) is 0 Å². The van der Waals surface area contributed by atoms with Crippen LogP contribution in [0.4, 0.5) is 0 Å². The normalized spacial score (nSPS) is 21.3. The fourth-order valence-corrected chi connectivity index (χ4v) is 2.16. The lowest BCUT2D eigenvalue weighted by atomic mass is 10.1. The summed E-state index contributed by atoms with van der Waals surface area (Å²) < 4.78 is 21.3. The van der Waals surface area contributed by atoms with Gasteiger partial charge in [0.15, 0.2) is 11.6 Å². The molecule has 116 valence electrons. The molecular weight excluding hydrogens is 287 g/mol. The lowest BCUT2D eigenvalue weighted by molar-refractivity contribution is -0.137. The molecule has 0 aliphatic carbocycles. The van der Waals surface area contributed by atoms with Crippen LogP contribution < -0.4 is 22.9 Å². The van der Waals surface area contributed by atoms with E-state index in [0.29, 0.717) is 0 Å². The summed E-state index contributed by atoms with van der Waals surface area (Å²) in [5, 5.41) is 0. The van der Waals surface area contributed by atoms with Crippen LogP contribution in [0.15, 0.2) is 0 Å². The smallest absolute Gasteiger partial charge is 0.322 e. The van der Waals surface area contributed by atoms with Crippen molar-refractivity contribution in [3.63, 3.8) is 0 Å². The molecule has 8 N–H and O–H groups in total. The Balaban J connectivity index is 4.81. The summed E-state index contributed by atoms with van der Waals surface area (Å²) in [6, 6.07) is -1.83. The maximum absolute atomic E-state index is 11.7. The molecule has 0 saturated carbocycles. The van der Waals surface area contributed by atoms with Crippen molar-refractivity contribution in [3.05, 3.63) is 0 Å². The lowest BCUT2D eigenvalue weighted by Gasteiger charge is -2.21. The number of carbonyl (C=O) groups is 2. The van der Waals surface area contributed by atoms with E-state index < -0.39 is 43.4 Å². The first-order chi connectivity index (χ1) is 8.81. The predicted molar refractivity (Wildman–Crippen MR) is 72.3 cm³/mol. The largest absolute Gasteiger partial charge is 0.702 e. The van der Waals surface area contributed by atoms with E-state index in [9.17, 15) is 14.2 Å². The number of rotatable bonds is 8. The topological polar surface area (TPSA) is 174 Å². The molecule has 0 amide bonds. The van der Waals surface area contributed by atoms with Gasteiger partial charge in [0.05, 0.1) is 12.1 Å². The molecule has 2 unspecified atom stereocenters. The van der Waals surface area contributed by atoms with E-state index in [1.165, 1.54) is 27.7 Å². The zero-order valence-electron chi connectivity index (χ0n) is 12.0.